The van der Waals surface area contributed by atoms with Crippen molar-refractivity contribution in [2.24, 2.45) is 0 Å². The van der Waals surface area contributed by atoms with Gasteiger partial charge in [0.05, 0.1) is 38.4 Å². The van der Waals surface area contributed by atoms with Gasteiger partial charge in [0.1, 0.15) is 11.2 Å². The Labute approximate surface area is 346 Å². The van der Waals surface area contributed by atoms with Crippen LogP contribution in [0.15, 0.2) is 174 Å². The van der Waals surface area contributed by atoms with E-state index in [0.717, 1.165) is 0 Å². The highest BCUT2D eigenvalue weighted by molar-refractivity contribution is 6.22. The normalized spacial score (nSPS) is 19.4. The first-order valence-electron chi connectivity index (χ1n) is 30.2. The van der Waals surface area contributed by atoms with Crippen molar-refractivity contribution in [2.45, 2.75) is 13.8 Å². The van der Waals surface area contributed by atoms with E-state index in [-0.39, 0.29) is 27.3 Å². The zero-order valence-corrected chi connectivity index (χ0v) is 27.4. The minimum atomic E-state index is -1.04. The minimum absolute atomic E-state index is 0.0453. The second-order valence-electron chi connectivity index (χ2n) is 12.3. The van der Waals surface area contributed by atoms with Gasteiger partial charge in [-0.2, -0.15) is 0 Å². The maximum atomic E-state index is 9.90. The molecular formula is C52H34O. The van der Waals surface area contributed by atoms with E-state index in [2.05, 4.69) is 0 Å². The van der Waals surface area contributed by atoms with E-state index in [1.807, 2.05) is 0 Å². The van der Waals surface area contributed by atoms with Crippen LogP contribution >= 0.6 is 0 Å². The molecule has 1 heterocycles. The minimum Gasteiger partial charge on any atom is -0.456 e. The second kappa shape index (κ2) is 11.4. The maximum Gasteiger partial charge on any atom is 0.136 e. The van der Waals surface area contributed by atoms with Crippen LogP contribution in [-0.4, -0.2) is 0 Å². The van der Waals surface area contributed by atoms with Crippen molar-refractivity contribution >= 4 is 75.8 Å². The molecule has 0 radical (unpaired) electrons. The van der Waals surface area contributed by atoms with Crippen molar-refractivity contribution in [3.63, 3.8) is 0 Å². The van der Waals surface area contributed by atoms with E-state index < -0.39 is 262 Å². The third kappa shape index (κ3) is 4.64. The van der Waals surface area contributed by atoms with Crippen LogP contribution in [0.25, 0.3) is 109 Å². The van der Waals surface area contributed by atoms with E-state index in [1.54, 1.807) is 0 Å². The van der Waals surface area contributed by atoms with Crippen LogP contribution in [0.2, 0.25) is 0 Å². The molecule has 0 amide bonds. The fraction of sp³-hybridized carbons (Fsp3) is 0.0385. The number of hydrogen-bond donors (Lipinski definition) is 0. The van der Waals surface area contributed by atoms with Gasteiger partial charge in [0.25, 0.3) is 0 Å². The lowest BCUT2D eigenvalue weighted by Crippen LogP contribution is -1.92. The third-order valence-electron chi connectivity index (χ3n) is 9.07. The summed E-state index contributed by atoms with van der Waals surface area (Å²) in [4.78, 5) is 0. The molecule has 0 unspecified atom stereocenters. The summed E-state index contributed by atoms with van der Waals surface area (Å²) in [6.45, 7) is 2.60. The van der Waals surface area contributed by atoms with Crippen LogP contribution in [0, 0.1) is 13.8 Å². The molecule has 10 aromatic carbocycles. The number of furan rings is 1. The molecule has 0 spiro atoms. The van der Waals surface area contributed by atoms with Gasteiger partial charge in [0.15, 0.2) is 0 Å². The zero-order chi connectivity index (χ0) is 59.6. The Morgan fingerprint density at radius 3 is 1.70 bits per heavy atom. The van der Waals surface area contributed by atoms with Crippen molar-refractivity contribution < 1.29 is 42.8 Å². The number of benzene rings is 10. The van der Waals surface area contributed by atoms with Crippen molar-refractivity contribution in [1.82, 2.24) is 0 Å². The van der Waals surface area contributed by atoms with Crippen LogP contribution in [0.3, 0.4) is 0 Å². The molecule has 11 rings (SSSR count). The van der Waals surface area contributed by atoms with Crippen LogP contribution < -0.4 is 0 Å². The summed E-state index contributed by atoms with van der Waals surface area (Å²) in [5.41, 5.74) is -5.69. The molecule has 0 aliphatic carbocycles. The van der Waals surface area contributed by atoms with E-state index in [9.17, 15) is 20.6 Å². The molecule has 0 saturated carbocycles. The molecule has 0 fully saturated rings. The van der Waals surface area contributed by atoms with E-state index in [4.69, 9.17) is 22.2 Å². The summed E-state index contributed by atoms with van der Waals surface area (Å²) in [6.07, 6.45) is 0. The average molecular weight is 703 g/mol. The van der Waals surface area contributed by atoms with E-state index in [0.29, 0.717) is 0 Å². The molecule has 0 aliphatic rings. The van der Waals surface area contributed by atoms with Crippen molar-refractivity contribution in [2.75, 3.05) is 0 Å². The molecule has 1 nitrogen and oxygen atoms in total. The summed E-state index contributed by atoms with van der Waals surface area (Å²) in [7, 11) is 0. The lowest BCUT2D eigenvalue weighted by atomic mass is 9.85. The Hall–Kier alpha value is -6.70. The fourth-order valence-corrected chi connectivity index (χ4v) is 6.70. The monoisotopic (exact) mass is 702 g/mol. The van der Waals surface area contributed by atoms with Crippen LogP contribution in [0.1, 0.15) is 49.5 Å². The molecule has 0 aliphatic heterocycles. The molecule has 1 heteroatoms. The number of hydrogen-bond acceptors (Lipinski definition) is 1. The summed E-state index contributed by atoms with van der Waals surface area (Å²) in [6, 6.07) is -22.6. The summed E-state index contributed by atoms with van der Waals surface area (Å²) >= 11 is 0. The Balaban J connectivity index is 1.34. The van der Waals surface area contributed by atoms with E-state index in [1.165, 1.54) is 13.8 Å². The molecule has 1 aromatic heterocycles. The summed E-state index contributed by atoms with van der Waals surface area (Å²) < 4.78 is 262. The van der Waals surface area contributed by atoms with Gasteiger partial charge in [0, 0.05) is 10.8 Å². The first-order valence-corrected chi connectivity index (χ1v) is 16.2. The number of fused-ring (bicyclic) bond motifs is 9. The summed E-state index contributed by atoms with van der Waals surface area (Å²) in [5, 5.41) is -5.70. The highest BCUT2D eigenvalue weighted by Gasteiger charge is 2.19. The van der Waals surface area contributed by atoms with Gasteiger partial charge in [-0.3, -0.25) is 0 Å². The van der Waals surface area contributed by atoms with Gasteiger partial charge in [-0.05, 0) is 137 Å². The third-order valence-corrected chi connectivity index (χ3v) is 9.07. The highest BCUT2D eigenvalue weighted by atomic mass is 16.3. The largest absolute Gasteiger partial charge is 0.456 e. The molecule has 0 atom stereocenters. The maximum absolute atomic E-state index is 9.90. The van der Waals surface area contributed by atoms with Crippen molar-refractivity contribution in [3.8, 4) is 33.4 Å². The molecule has 248 valence electrons. The molecule has 11 aromatic rings. The average Bonchev–Trinajstić information content (AvgIpc) is 3.34. The lowest BCUT2D eigenvalue weighted by Gasteiger charge is -2.18. The van der Waals surface area contributed by atoms with Crippen molar-refractivity contribution in [1.29, 1.82) is 0 Å². The lowest BCUT2D eigenvalue weighted by molar-refractivity contribution is 0.669. The Bertz CT molecular complexity index is 4810. The predicted molar refractivity (Wildman–Crippen MR) is 227 cm³/mol. The van der Waals surface area contributed by atoms with Crippen LogP contribution in [0.4, 0.5) is 0 Å². The Morgan fingerprint density at radius 2 is 0.906 bits per heavy atom. The first kappa shape index (κ1) is 13.4. The number of rotatable bonds is 3. The highest BCUT2D eigenvalue weighted by Crippen LogP contribution is 2.46. The van der Waals surface area contributed by atoms with E-state index >= 15 is 0 Å². The fourth-order valence-electron chi connectivity index (χ4n) is 6.70. The smallest absolute Gasteiger partial charge is 0.136 e. The van der Waals surface area contributed by atoms with Gasteiger partial charge in [-0.1, -0.05) is 145 Å². The standard InChI is InChI=1S/C52H34O/c1-31-15-22-44-48(25-31)51(34-18-16-33(17-19-34)37-20-23-40-32(2)26-38-11-5-6-12-41(38)45(40)27-37)42-13-7-8-14-43(42)52(44)39-21-24-49-46(29-39)47-28-35-9-3-4-10-36(35)30-50(47)53-49/h3-30H,1-2H3/i3D,4D,5D,6D,7D,8D,9D,10D,11D,12D,13D,14D,15D,16D,17D,18D,19D,20D,21D,22D,23D,24D,25D,26D,27D,28D,29D,30D. The van der Waals surface area contributed by atoms with Gasteiger partial charge in [-0.25, -0.2) is 0 Å². The first-order chi connectivity index (χ1) is 37.8. The molecule has 0 bridgehead atoms. The topological polar surface area (TPSA) is 13.1 Å². The number of aryl methyl sites for hydroxylation is 1. The SMILES string of the molecule is [2H]c1c([2H])c(-c2c3c([2H])c([2H])c([2H])c([2H])c3c(-c3c([2H])c([2H])c4oc5c([2H])c6c([2H])c([2H])c([2H])c([2H])c6c([2H])c5c4c3[2H])c3c([2H])c([2H])c(C)c([2H])c23)c([2H])c([2H])c1-c1c([2H])c([2H])c2c(C)c([2H])c3c([2H])c([2H])c([2H])c([2H])c3c2c1[2H]. The zero-order valence-electron chi connectivity index (χ0n) is 55.4. The van der Waals surface area contributed by atoms with Crippen LogP contribution in [0.5, 0.6) is 0 Å². The summed E-state index contributed by atoms with van der Waals surface area (Å²) in [5.74, 6) is 0. The van der Waals surface area contributed by atoms with Gasteiger partial charge < -0.3 is 4.42 Å². The molecule has 0 saturated heterocycles. The van der Waals surface area contributed by atoms with Gasteiger partial charge >= 0.3 is 0 Å². The molecule has 53 heavy (non-hydrogen) atoms. The predicted octanol–water partition coefficient (Wildman–Crippen LogP) is 15.0. The second-order valence-corrected chi connectivity index (χ2v) is 12.3. The molecule has 0 N–H and O–H groups in total. The Morgan fingerprint density at radius 1 is 0.340 bits per heavy atom. The molecular weight excluding hydrogens is 641 g/mol. The van der Waals surface area contributed by atoms with Crippen molar-refractivity contribution in [3.05, 3.63) is 180 Å². The Kier molecular flexibility index (Phi) is 2.88. The van der Waals surface area contributed by atoms with Gasteiger partial charge in [-0.15, -0.1) is 0 Å². The van der Waals surface area contributed by atoms with Crippen LogP contribution in [-0.2, 0) is 0 Å². The quantitative estimate of drug-likeness (QED) is 0.132. The van der Waals surface area contributed by atoms with Gasteiger partial charge in [0.2, 0.25) is 0 Å².